The number of halogens is 3. The number of hydrogen-bond donors (Lipinski definition) is 1. The maximum Gasteiger partial charge on any atom is 0.126 e. The quantitative estimate of drug-likeness (QED) is 0.756. The van der Waals surface area contributed by atoms with E-state index in [1.165, 1.54) is 17.7 Å². The molecule has 1 fully saturated rings. The van der Waals surface area contributed by atoms with E-state index in [2.05, 4.69) is 39.4 Å². The summed E-state index contributed by atoms with van der Waals surface area (Å²) in [5, 5.41) is 3.76. The summed E-state index contributed by atoms with van der Waals surface area (Å²) < 4.78 is 14.4. The fourth-order valence-corrected chi connectivity index (χ4v) is 3.28. The molecule has 2 aromatic rings. The van der Waals surface area contributed by atoms with Gasteiger partial charge in [-0.2, -0.15) is 0 Å². The Kier molecular flexibility index (Phi) is 3.99. The molecule has 104 valence electrons. The van der Waals surface area contributed by atoms with Crippen LogP contribution in [0.4, 0.5) is 10.1 Å². The molecular formula is C16H14BrClFN. The van der Waals surface area contributed by atoms with Crippen molar-refractivity contribution < 1.29 is 4.39 Å². The van der Waals surface area contributed by atoms with Crippen LogP contribution >= 0.6 is 27.5 Å². The third-order valence-electron chi connectivity index (χ3n) is 3.69. The molecule has 0 atom stereocenters. The Labute approximate surface area is 131 Å². The Morgan fingerprint density at radius 1 is 1.15 bits per heavy atom. The van der Waals surface area contributed by atoms with Crippen LogP contribution in [-0.2, 0) is 0 Å². The van der Waals surface area contributed by atoms with Crippen molar-refractivity contribution in [3.05, 3.63) is 63.3 Å². The van der Waals surface area contributed by atoms with E-state index in [0.29, 0.717) is 17.0 Å². The van der Waals surface area contributed by atoms with Crippen LogP contribution in [-0.4, -0.2) is 6.04 Å². The average molecular weight is 355 g/mol. The monoisotopic (exact) mass is 353 g/mol. The summed E-state index contributed by atoms with van der Waals surface area (Å²) in [6, 6.07) is 13.4. The number of rotatable bonds is 3. The van der Waals surface area contributed by atoms with E-state index in [0.717, 1.165) is 23.0 Å². The molecule has 1 aliphatic carbocycles. The fraction of sp³-hybridized carbons (Fsp3) is 0.250. The molecule has 4 heteroatoms. The molecule has 20 heavy (non-hydrogen) atoms. The Hall–Kier alpha value is -1.06. The zero-order valence-corrected chi connectivity index (χ0v) is 13.1. The summed E-state index contributed by atoms with van der Waals surface area (Å²) in [5.41, 5.74) is 2.11. The molecule has 0 spiro atoms. The van der Waals surface area contributed by atoms with Gasteiger partial charge in [0.05, 0.1) is 0 Å². The van der Waals surface area contributed by atoms with Gasteiger partial charge in [0.2, 0.25) is 0 Å². The highest BCUT2D eigenvalue weighted by molar-refractivity contribution is 9.10. The second-order valence-corrected chi connectivity index (χ2v) is 6.57. The van der Waals surface area contributed by atoms with Gasteiger partial charge in [0.25, 0.3) is 0 Å². The van der Waals surface area contributed by atoms with E-state index in [4.69, 9.17) is 11.6 Å². The first-order valence-electron chi connectivity index (χ1n) is 6.58. The number of anilines is 1. The second kappa shape index (κ2) is 5.74. The SMILES string of the molecule is Fc1cc(Cl)cc(NC2CC(c3cccc(Br)c3)C2)c1. The highest BCUT2D eigenvalue weighted by Gasteiger charge is 2.30. The molecule has 1 saturated carbocycles. The van der Waals surface area contributed by atoms with E-state index in [1.54, 1.807) is 6.07 Å². The van der Waals surface area contributed by atoms with Crippen LogP contribution < -0.4 is 5.32 Å². The van der Waals surface area contributed by atoms with E-state index >= 15 is 0 Å². The van der Waals surface area contributed by atoms with Crippen molar-refractivity contribution in [2.45, 2.75) is 24.8 Å². The lowest BCUT2D eigenvalue weighted by atomic mass is 9.76. The van der Waals surface area contributed by atoms with Crippen molar-refractivity contribution in [1.29, 1.82) is 0 Å². The van der Waals surface area contributed by atoms with Gasteiger partial charge < -0.3 is 5.32 Å². The Balaban J connectivity index is 1.61. The lowest BCUT2D eigenvalue weighted by Gasteiger charge is -2.37. The van der Waals surface area contributed by atoms with Gasteiger partial charge in [0.1, 0.15) is 5.82 Å². The first-order chi connectivity index (χ1) is 9.60. The van der Waals surface area contributed by atoms with Crippen LogP contribution in [0.1, 0.15) is 24.3 Å². The van der Waals surface area contributed by atoms with Crippen molar-refractivity contribution in [3.63, 3.8) is 0 Å². The van der Waals surface area contributed by atoms with Crippen LogP contribution in [0.2, 0.25) is 5.02 Å². The van der Waals surface area contributed by atoms with Crippen LogP contribution in [0.5, 0.6) is 0 Å². The van der Waals surface area contributed by atoms with E-state index in [1.807, 2.05) is 6.07 Å². The van der Waals surface area contributed by atoms with E-state index in [-0.39, 0.29) is 5.82 Å². The Morgan fingerprint density at radius 2 is 1.95 bits per heavy atom. The van der Waals surface area contributed by atoms with Gasteiger partial charge >= 0.3 is 0 Å². The van der Waals surface area contributed by atoms with Crippen molar-refractivity contribution in [3.8, 4) is 0 Å². The molecule has 1 nitrogen and oxygen atoms in total. The molecule has 1 aliphatic rings. The summed E-state index contributed by atoms with van der Waals surface area (Å²) in [6.07, 6.45) is 2.12. The van der Waals surface area contributed by atoms with Crippen molar-refractivity contribution in [2.24, 2.45) is 0 Å². The summed E-state index contributed by atoms with van der Waals surface area (Å²) in [5.74, 6) is 0.275. The summed E-state index contributed by atoms with van der Waals surface area (Å²) in [4.78, 5) is 0. The number of hydrogen-bond acceptors (Lipinski definition) is 1. The van der Waals surface area contributed by atoms with Crippen LogP contribution in [0.3, 0.4) is 0 Å². The minimum Gasteiger partial charge on any atom is -0.382 e. The summed E-state index contributed by atoms with van der Waals surface area (Å²) in [7, 11) is 0. The molecule has 0 amide bonds. The topological polar surface area (TPSA) is 12.0 Å². The van der Waals surface area contributed by atoms with Gasteiger partial charge in [-0.15, -0.1) is 0 Å². The smallest absolute Gasteiger partial charge is 0.126 e. The van der Waals surface area contributed by atoms with Gasteiger partial charge in [-0.1, -0.05) is 39.7 Å². The van der Waals surface area contributed by atoms with Gasteiger partial charge in [-0.05, 0) is 54.7 Å². The third-order valence-corrected chi connectivity index (χ3v) is 4.40. The second-order valence-electron chi connectivity index (χ2n) is 5.22. The number of nitrogens with one attached hydrogen (secondary N) is 1. The zero-order chi connectivity index (χ0) is 14.1. The van der Waals surface area contributed by atoms with E-state index < -0.39 is 0 Å². The maximum atomic E-state index is 13.3. The predicted octanol–water partition coefficient (Wildman–Crippen LogP) is 5.60. The maximum absolute atomic E-state index is 13.3. The first kappa shape index (κ1) is 13.9. The van der Waals surface area contributed by atoms with Gasteiger partial charge in [0.15, 0.2) is 0 Å². The molecule has 0 bridgehead atoms. The Morgan fingerprint density at radius 3 is 2.65 bits per heavy atom. The molecule has 2 aromatic carbocycles. The van der Waals surface area contributed by atoms with Gasteiger partial charge in [-0.3, -0.25) is 0 Å². The molecule has 3 rings (SSSR count). The average Bonchev–Trinajstić information content (AvgIpc) is 2.32. The molecule has 0 unspecified atom stereocenters. The fourth-order valence-electron chi connectivity index (χ4n) is 2.64. The summed E-state index contributed by atoms with van der Waals surface area (Å²) >= 11 is 9.35. The van der Waals surface area contributed by atoms with Crippen LogP contribution in [0.25, 0.3) is 0 Å². The summed E-state index contributed by atoms with van der Waals surface area (Å²) in [6.45, 7) is 0. The predicted molar refractivity (Wildman–Crippen MR) is 84.9 cm³/mol. The standard InChI is InChI=1S/C16H14BrClFN/c17-12-3-1-2-10(4-12)11-5-15(6-11)20-16-8-13(18)7-14(19)9-16/h1-4,7-9,11,15,20H,5-6H2. The highest BCUT2D eigenvalue weighted by Crippen LogP contribution is 2.39. The van der Waals surface area contributed by atoms with E-state index in [9.17, 15) is 4.39 Å². The molecule has 0 heterocycles. The van der Waals surface area contributed by atoms with Crippen molar-refractivity contribution in [1.82, 2.24) is 0 Å². The van der Waals surface area contributed by atoms with Gasteiger partial charge in [0, 0.05) is 21.2 Å². The van der Waals surface area contributed by atoms with Crippen LogP contribution in [0, 0.1) is 5.82 Å². The minimum atomic E-state index is -0.303. The lowest BCUT2D eigenvalue weighted by molar-refractivity contribution is 0.374. The number of benzene rings is 2. The zero-order valence-electron chi connectivity index (χ0n) is 10.7. The highest BCUT2D eigenvalue weighted by atomic mass is 79.9. The third kappa shape index (κ3) is 3.15. The molecule has 0 aliphatic heterocycles. The molecule has 0 radical (unpaired) electrons. The largest absolute Gasteiger partial charge is 0.382 e. The molecular weight excluding hydrogens is 341 g/mol. The molecule has 1 N–H and O–H groups in total. The normalized spacial score (nSPS) is 21.4. The van der Waals surface area contributed by atoms with Gasteiger partial charge in [-0.25, -0.2) is 4.39 Å². The molecule has 0 saturated heterocycles. The lowest BCUT2D eigenvalue weighted by Crippen LogP contribution is -2.34. The van der Waals surface area contributed by atoms with Crippen molar-refractivity contribution >= 4 is 33.2 Å². The first-order valence-corrected chi connectivity index (χ1v) is 7.75. The Bertz CT molecular complexity index is 605. The van der Waals surface area contributed by atoms with Crippen LogP contribution in [0.15, 0.2) is 46.9 Å². The minimum absolute atomic E-state index is 0.303. The molecule has 0 aromatic heterocycles. The van der Waals surface area contributed by atoms with Crippen molar-refractivity contribution in [2.75, 3.05) is 5.32 Å².